The average Bonchev–Trinajstić information content (AvgIpc) is 3.21. The van der Waals surface area contributed by atoms with E-state index < -0.39 is 0 Å². The first-order chi connectivity index (χ1) is 13.6. The van der Waals surface area contributed by atoms with Crippen molar-refractivity contribution < 1.29 is 14.3 Å². The van der Waals surface area contributed by atoms with Crippen molar-refractivity contribution >= 4 is 11.7 Å². The van der Waals surface area contributed by atoms with Gasteiger partial charge >= 0.3 is 6.03 Å². The Labute approximate surface area is 164 Å². The Hall–Kier alpha value is -3.48. The summed E-state index contributed by atoms with van der Waals surface area (Å²) in [5, 5.41) is 7.14. The first-order valence-electron chi connectivity index (χ1n) is 8.88. The predicted octanol–water partition coefficient (Wildman–Crippen LogP) is 3.61. The summed E-state index contributed by atoms with van der Waals surface area (Å²) in [5.74, 6) is 1.39. The fourth-order valence-electron chi connectivity index (χ4n) is 2.86. The third kappa shape index (κ3) is 4.82. The minimum Gasteiger partial charge on any atom is -0.497 e. The molecule has 7 nitrogen and oxygen atoms in total. The van der Waals surface area contributed by atoms with Crippen molar-refractivity contribution in [3.8, 4) is 11.5 Å². The molecule has 28 heavy (non-hydrogen) atoms. The number of hydrogen-bond donors (Lipinski definition) is 1. The number of amides is 2. The molecule has 1 N–H and O–H groups in total. The number of anilines is 1. The number of carbonyl (C=O) groups excluding carboxylic acids is 1. The fraction of sp³-hybridized carbons (Fsp3) is 0.238. The van der Waals surface area contributed by atoms with Gasteiger partial charge in [0.2, 0.25) is 0 Å². The van der Waals surface area contributed by atoms with Crippen molar-refractivity contribution in [3.05, 3.63) is 72.1 Å². The number of carbonyl (C=O) groups is 1. The van der Waals surface area contributed by atoms with Gasteiger partial charge in [0, 0.05) is 36.8 Å². The standard InChI is InChI=1S/C21H24N4O3/c1-24(15-17-8-9-19(27-2)13-20(17)28-3)21(26)23-18-7-4-6-16(12-18)14-25-11-5-10-22-25/h4-13H,14-15H2,1-3H3,(H,23,26). The lowest BCUT2D eigenvalue weighted by molar-refractivity contribution is 0.220. The lowest BCUT2D eigenvalue weighted by atomic mass is 10.2. The zero-order valence-electron chi connectivity index (χ0n) is 16.3. The monoisotopic (exact) mass is 380 g/mol. The van der Waals surface area contributed by atoms with Crippen molar-refractivity contribution in [3.63, 3.8) is 0 Å². The topological polar surface area (TPSA) is 68.6 Å². The number of benzene rings is 2. The molecule has 1 aromatic heterocycles. The minimum absolute atomic E-state index is 0.200. The summed E-state index contributed by atoms with van der Waals surface area (Å²) < 4.78 is 12.5. The second-order valence-electron chi connectivity index (χ2n) is 6.37. The van der Waals surface area contributed by atoms with Gasteiger partial charge in [-0.15, -0.1) is 0 Å². The predicted molar refractivity (Wildman–Crippen MR) is 108 cm³/mol. The summed E-state index contributed by atoms with van der Waals surface area (Å²) in [5.41, 5.74) is 2.69. The number of urea groups is 1. The van der Waals surface area contributed by atoms with Crippen LogP contribution in [-0.2, 0) is 13.1 Å². The van der Waals surface area contributed by atoms with Crippen LogP contribution in [-0.4, -0.2) is 42.0 Å². The maximum atomic E-state index is 12.6. The van der Waals surface area contributed by atoms with Crippen LogP contribution in [0.5, 0.6) is 11.5 Å². The molecule has 0 aliphatic heterocycles. The first kappa shape index (κ1) is 19.3. The molecule has 0 atom stereocenters. The highest BCUT2D eigenvalue weighted by Crippen LogP contribution is 2.25. The van der Waals surface area contributed by atoms with Crippen LogP contribution in [0.15, 0.2) is 60.9 Å². The molecular formula is C21H24N4O3. The highest BCUT2D eigenvalue weighted by Gasteiger charge is 2.13. The highest BCUT2D eigenvalue weighted by atomic mass is 16.5. The van der Waals surface area contributed by atoms with Gasteiger partial charge in [-0.1, -0.05) is 12.1 Å². The Morgan fingerprint density at radius 2 is 2.00 bits per heavy atom. The van der Waals surface area contributed by atoms with Gasteiger partial charge in [-0.2, -0.15) is 5.10 Å². The van der Waals surface area contributed by atoms with Crippen LogP contribution in [0.2, 0.25) is 0 Å². The SMILES string of the molecule is COc1ccc(CN(C)C(=O)Nc2cccc(Cn3cccn3)c2)c(OC)c1. The van der Waals surface area contributed by atoms with Crippen molar-refractivity contribution in [1.82, 2.24) is 14.7 Å². The van der Waals surface area contributed by atoms with Crippen LogP contribution in [0.4, 0.5) is 10.5 Å². The fourth-order valence-corrected chi connectivity index (χ4v) is 2.86. The number of nitrogens with one attached hydrogen (secondary N) is 1. The Bertz CT molecular complexity index is 925. The lowest BCUT2D eigenvalue weighted by Gasteiger charge is -2.20. The molecule has 0 bridgehead atoms. The summed E-state index contributed by atoms with van der Waals surface area (Å²) in [6, 6.07) is 15.0. The maximum absolute atomic E-state index is 12.6. The molecular weight excluding hydrogens is 356 g/mol. The number of rotatable bonds is 7. The van der Waals surface area contributed by atoms with Gasteiger partial charge in [-0.25, -0.2) is 4.79 Å². The molecule has 0 spiro atoms. The van der Waals surface area contributed by atoms with E-state index in [4.69, 9.17) is 9.47 Å². The molecule has 146 valence electrons. The Morgan fingerprint density at radius 1 is 1.14 bits per heavy atom. The van der Waals surface area contributed by atoms with Crippen molar-refractivity contribution in [2.24, 2.45) is 0 Å². The van der Waals surface area contributed by atoms with Crippen LogP contribution in [0.3, 0.4) is 0 Å². The zero-order chi connectivity index (χ0) is 19.9. The van der Waals surface area contributed by atoms with E-state index in [0.29, 0.717) is 24.6 Å². The van der Waals surface area contributed by atoms with Gasteiger partial charge < -0.3 is 19.7 Å². The van der Waals surface area contributed by atoms with Gasteiger partial charge in [-0.3, -0.25) is 4.68 Å². The second-order valence-corrected chi connectivity index (χ2v) is 6.37. The lowest BCUT2D eigenvalue weighted by Crippen LogP contribution is -2.31. The third-order valence-electron chi connectivity index (χ3n) is 4.33. The van der Waals surface area contributed by atoms with E-state index in [1.807, 2.05) is 53.3 Å². The molecule has 1 heterocycles. The van der Waals surface area contributed by atoms with Gasteiger partial charge in [0.05, 0.1) is 27.3 Å². The van der Waals surface area contributed by atoms with Crippen LogP contribution in [0.25, 0.3) is 0 Å². The largest absolute Gasteiger partial charge is 0.497 e. The zero-order valence-corrected chi connectivity index (χ0v) is 16.3. The average molecular weight is 380 g/mol. The van der Waals surface area contributed by atoms with E-state index >= 15 is 0 Å². The molecule has 0 aliphatic carbocycles. The molecule has 2 aromatic carbocycles. The maximum Gasteiger partial charge on any atom is 0.321 e. The van der Waals surface area contributed by atoms with E-state index in [-0.39, 0.29) is 6.03 Å². The Balaban J connectivity index is 1.64. The first-order valence-corrected chi connectivity index (χ1v) is 8.88. The molecule has 3 aromatic rings. The number of methoxy groups -OCH3 is 2. The van der Waals surface area contributed by atoms with E-state index in [0.717, 1.165) is 16.8 Å². The number of nitrogens with zero attached hydrogens (tertiary/aromatic N) is 3. The van der Waals surface area contributed by atoms with Crippen molar-refractivity contribution in [2.45, 2.75) is 13.1 Å². The number of ether oxygens (including phenoxy) is 2. The smallest absolute Gasteiger partial charge is 0.321 e. The quantitative estimate of drug-likeness (QED) is 0.680. The number of aromatic nitrogens is 2. The molecule has 0 unspecified atom stereocenters. The molecule has 7 heteroatoms. The summed E-state index contributed by atoms with van der Waals surface area (Å²) in [6.45, 7) is 1.06. The van der Waals surface area contributed by atoms with Crippen LogP contribution in [0.1, 0.15) is 11.1 Å². The van der Waals surface area contributed by atoms with Crippen molar-refractivity contribution in [1.29, 1.82) is 0 Å². The molecule has 0 fully saturated rings. The van der Waals surface area contributed by atoms with Crippen LogP contribution >= 0.6 is 0 Å². The van der Waals surface area contributed by atoms with Gasteiger partial charge in [0.25, 0.3) is 0 Å². The molecule has 0 saturated heterocycles. The van der Waals surface area contributed by atoms with Crippen LogP contribution in [0, 0.1) is 0 Å². The van der Waals surface area contributed by atoms with Crippen molar-refractivity contribution in [2.75, 3.05) is 26.6 Å². The summed E-state index contributed by atoms with van der Waals surface area (Å²) in [4.78, 5) is 14.2. The Kier molecular flexibility index (Phi) is 6.16. The molecule has 2 amide bonds. The van der Waals surface area contributed by atoms with E-state index in [2.05, 4.69) is 10.4 Å². The molecule has 0 saturated carbocycles. The second kappa shape index (κ2) is 8.94. The Morgan fingerprint density at radius 3 is 2.71 bits per heavy atom. The van der Waals surface area contributed by atoms with Gasteiger partial charge in [0.1, 0.15) is 11.5 Å². The number of hydrogen-bond acceptors (Lipinski definition) is 4. The van der Waals surface area contributed by atoms with E-state index in [9.17, 15) is 4.79 Å². The highest BCUT2D eigenvalue weighted by molar-refractivity contribution is 5.89. The molecule has 0 aliphatic rings. The van der Waals surface area contributed by atoms with E-state index in [1.165, 1.54) is 0 Å². The minimum atomic E-state index is -0.200. The normalized spacial score (nSPS) is 10.4. The molecule has 0 radical (unpaired) electrons. The third-order valence-corrected chi connectivity index (χ3v) is 4.33. The van der Waals surface area contributed by atoms with Gasteiger partial charge in [0.15, 0.2) is 0 Å². The van der Waals surface area contributed by atoms with E-state index in [1.54, 1.807) is 38.4 Å². The van der Waals surface area contributed by atoms with Gasteiger partial charge in [-0.05, 0) is 35.9 Å². The summed E-state index contributed by atoms with van der Waals surface area (Å²) >= 11 is 0. The summed E-state index contributed by atoms with van der Waals surface area (Å²) in [6.07, 6.45) is 3.65. The summed E-state index contributed by atoms with van der Waals surface area (Å²) in [7, 11) is 4.95. The van der Waals surface area contributed by atoms with Crippen LogP contribution < -0.4 is 14.8 Å². The molecule has 3 rings (SSSR count).